The monoisotopic (exact) mass is 321 g/mol. The average Bonchev–Trinajstić information content (AvgIpc) is 3.16. The number of ether oxygens (including phenoxy) is 1. The van der Waals surface area contributed by atoms with Crippen LogP contribution in [0, 0.1) is 12.3 Å². The van der Waals surface area contributed by atoms with Crippen molar-refractivity contribution in [2.75, 3.05) is 13.2 Å². The van der Waals surface area contributed by atoms with E-state index in [-0.39, 0.29) is 18.1 Å². The zero-order valence-electron chi connectivity index (χ0n) is 10.6. The highest BCUT2D eigenvalue weighted by molar-refractivity contribution is 9.10. The second-order valence-electron chi connectivity index (χ2n) is 4.62. The van der Waals surface area contributed by atoms with Gasteiger partial charge in [0, 0.05) is 4.47 Å². The van der Waals surface area contributed by atoms with E-state index in [9.17, 15) is 4.79 Å². The minimum absolute atomic E-state index is 0.00488. The van der Waals surface area contributed by atoms with E-state index in [2.05, 4.69) is 27.2 Å². The largest absolute Gasteiger partial charge is 0.368 e. The maximum absolute atomic E-state index is 11.9. The van der Waals surface area contributed by atoms with Crippen molar-refractivity contribution in [2.24, 2.45) is 0 Å². The second kappa shape index (κ2) is 6.23. The molecule has 0 heterocycles. The molecule has 0 spiro atoms. The van der Waals surface area contributed by atoms with E-state index in [1.165, 1.54) is 0 Å². The lowest BCUT2D eigenvalue weighted by molar-refractivity contribution is -0.123. The molecule has 1 saturated carbocycles. The quantitative estimate of drug-likeness (QED) is 0.646. The molecule has 4 heteroatoms. The van der Waals surface area contributed by atoms with Crippen LogP contribution < -0.4 is 5.32 Å². The second-order valence-corrected chi connectivity index (χ2v) is 5.47. The Morgan fingerprint density at radius 2 is 2.21 bits per heavy atom. The fourth-order valence-electron chi connectivity index (χ4n) is 2.06. The van der Waals surface area contributed by atoms with Crippen molar-refractivity contribution in [3.05, 3.63) is 34.3 Å². The molecule has 0 saturated heterocycles. The molecule has 0 aliphatic heterocycles. The van der Waals surface area contributed by atoms with E-state index in [0.29, 0.717) is 13.0 Å². The third kappa shape index (κ3) is 3.59. The van der Waals surface area contributed by atoms with Crippen molar-refractivity contribution >= 4 is 21.8 Å². The molecule has 0 radical (unpaired) electrons. The first-order valence-electron chi connectivity index (χ1n) is 6.25. The normalized spacial score (nSPS) is 15.6. The molecule has 0 aromatic heterocycles. The van der Waals surface area contributed by atoms with Gasteiger partial charge in [0.25, 0.3) is 0 Å². The van der Waals surface area contributed by atoms with Crippen LogP contribution in [0.4, 0.5) is 0 Å². The Kier molecular flexibility index (Phi) is 4.62. The number of carbonyl (C=O) groups is 1. The van der Waals surface area contributed by atoms with E-state index in [1.54, 1.807) is 0 Å². The van der Waals surface area contributed by atoms with Gasteiger partial charge >= 0.3 is 0 Å². The summed E-state index contributed by atoms with van der Waals surface area (Å²) in [6.07, 6.45) is 7.37. The molecular weight excluding hydrogens is 306 g/mol. The fourth-order valence-corrected chi connectivity index (χ4v) is 2.73. The lowest BCUT2D eigenvalue weighted by Gasteiger charge is -2.19. The molecule has 1 N–H and O–H groups in total. The summed E-state index contributed by atoms with van der Waals surface area (Å²) >= 11 is 3.54. The van der Waals surface area contributed by atoms with Gasteiger partial charge in [-0.25, -0.2) is 0 Å². The van der Waals surface area contributed by atoms with Gasteiger partial charge in [-0.3, -0.25) is 4.79 Å². The zero-order valence-corrected chi connectivity index (χ0v) is 12.2. The van der Waals surface area contributed by atoms with Gasteiger partial charge in [-0.15, -0.1) is 6.42 Å². The van der Waals surface area contributed by atoms with E-state index >= 15 is 0 Å². The molecule has 1 aromatic rings. The van der Waals surface area contributed by atoms with Crippen molar-refractivity contribution in [1.29, 1.82) is 0 Å². The predicted molar refractivity (Wildman–Crippen MR) is 77.5 cm³/mol. The van der Waals surface area contributed by atoms with Gasteiger partial charge in [0.15, 0.2) is 0 Å². The Balaban J connectivity index is 1.90. The summed E-state index contributed by atoms with van der Waals surface area (Å²) in [5.74, 6) is 2.38. The first-order valence-corrected chi connectivity index (χ1v) is 7.04. The van der Waals surface area contributed by atoms with Crippen LogP contribution in [-0.4, -0.2) is 19.1 Å². The molecule has 0 bridgehead atoms. The number of rotatable bonds is 6. The molecule has 19 heavy (non-hydrogen) atoms. The highest BCUT2D eigenvalue weighted by Crippen LogP contribution is 2.47. The number of benzene rings is 1. The van der Waals surface area contributed by atoms with Crippen LogP contribution in [0.2, 0.25) is 0 Å². The van der Waals surface area contributed by atoms with E-state index in [1.807, 2.05) is 24.3 Å². The predicted octanol–water partition coefficient (Wildman–Crippen LogP) is 2.59. The van der Waals surface area contributed by atoms with Crippen LogP contribution in [0.3, 0.4) is 0 Å². The number of terminal acetylenes is 1. The molecule has 1 aromatic carbocycles. The molecule has 2 rings (SSSR count). The third-order valence-electron chi connectivity index (χ3n) is 3.18. The first-order chi connectivity index (χ1) is 9.18. The molecule has 0 unspecified atom stereocenters. The summed E-state index contributed by atoms with van der Waals surface area (Å²) in [5.41, 5.74) is 0.955. The standard InChI is InChI=1S/C15H16BrNO2/c1-2-10-19-11-7-14(18)17-15(8-9-15)12-5-3-4-6-13(12)16/h1,3-6H,7-11H2,(H,17,18). The summed E-state index contributed by atoms with van der Waals surface area (Å²) in [6.45, 7) is 0.616. The van der Waals surface area contributed by atoms with Gasteiger partial charge in [0.05, 0.1) is 18.6 Å². The Hall–Kier alpha value is -1.31. The molecule has 1 aliphatic rings. The van der Waals surface area contributed by atoms with Gasteiger partial charge in [-0.05, 0) is 24.5 Å². The van der Waals surface area contributed by atoms with Gasteiger partial charge in [0.1, 0.15) is 6.61 Å². The number of carbonyl (C=O) groups excluding carboxylic acids is 1. The maximum Gasteiger partial charge on any atom is 0.223 e. The highest BCUT2D eigenvalue weighted by Gasteiger charge is 2.46. The summed E-state index contributed by atoms with van der Waals surface area (Å²) < 4.78 is 6.15. The SMILES string of the molecule is C#CCOCCC(=O)NC1(c2ccccc2Br)CC1. The van der Waals surface area contributed by atoms with Gasteiger partial charge < -0.3 is 10.1 Å². The molecule has 0 atom stereocenters. The fraction of sp³-hybridized carbons (Fsp3) is 0.400. The Morgan fingerprint density at radius 3 is 2.84 bits per heavy atom. The first kappa shape index (κ1) is 14.1. The van der Waals surface area contributed by atoms with E-state index < -0.39 is 0 Å². The minimum atomic E-state index is -0.191. The van der Waals surface area contributed by atoms with Crippen LogP contribution in [0.1, 0.15) is 24.8 Å². The Morgan fingerprint density at radius 1 is 1.47 bits per heavy atom. The van der Waals surface area contributed by atoms with Gasteiger partial charge in [-0.1, -0.05) is 40.0 Å². The Bertz CT molecular complexity index is 503. The van der Waals surface area contributed by atoms with Crippen LogP contribution in [-0.2, 0) is 15.1 Å². The van der Waals surface area contributed by atoms with Crippen LogP contribution in [0.15, 0.2) is 28.7 Å². The minimum Gasteiger partial charge on any atom is -0.368 e. The number of halogens is 1. The number of hydrogen-bond donors (Lipinski definition) is 1. The number of nitrogens with one attached hydrogen (secondary N) is 1. The van der Waals surface area contributed by atoms with Crippen molar-refractivity contribution in [2.45, 2.75) is 24.8 Å². The lowest BCUT2D eigenvalue weighted by Crippen LogP contribution is -2.35. The molecule has 100 valence electrons. The van der Waals surface area contributed by atoms with Gasteiger partial charge in [-0.2, -0.15) is 0 Å². The number of hydrogen-bond acceptors (Lipinski definition) is 2. The van der Waals surface area contributed by atoms with Crippen LogP contribution in [0.25, 0.3) is 0 Å². The molecular formula is C15H16BrNO2. The van der Waals surface area contributed by atoms with Crippen LogP contribution in [0.5, 0.6) is 0 Å². The van der Waals surface area contributed by atoms with Gasteiger partial charge in [0.2, 0.25) is 5.91 Å². The third-order valence-corrected chi connectivity index (χ3v) is 3.87. The molecule has 3 nitrogen and oxygen atoms in total. The van der Waals surface area contributed by atoms with Crippen molar-refractivity contribution < 1.29 is 9.53 Å². The highest BCUT2D eigenvalue weighted by atomic mass is 79.9. The van der Waals surface area contributed by atoms with Crippen LogP contribution >= 0.6 is 15.9 Å². The van der Waals surface area contributed by atoms with E-state index in [4.69, 9.17) is 11.2 Å². The summed E-state index contributed by atoms with van der Waals surface area (Å²) in [7, 11) is 0. The molecule has 1 fully saturated rings. The zero-order chi connectivity index (χ0) is 13.7. The lowest BCUT2D eigenvalue weighted by atomic mass is 10.0. The Labute approximate surface area is 121 Å². The smallest absolute Gasteiger partial charge is 0.223 e. The topological polar surface area (TPSA) is 38.3 Å². The van der Waals surface area contributed by atoms with Crippen molar-refractivity contribution in [3.63, 3.8) is 0 Å². The average molecular weight is 322 g/mol. The summed E-state index contributed by atoms with van der Waals surface area (Å²) in [4.78, 5) is 11.9. The van der Waals surface area contributed by atoms with E-state index in [0.717, 1.165) is 22.9 Å². The van der Waals surface area contributed by atoms with Crippen molar-refractivity contribution in [1.82, 2.24) is 5.32 Å². The van der Waals surface area contributed by atoms with Crippen molar-refractivity contribution in [3.8, 4) is 12.3 Å². The molecule has 1 amide bonds. The summed E-state index contributed by atoms with van der Waals surface area (Å²) in [5, 5.41) is 3.10. The number of amides is 1. The summed E-state index contributed by atoms with van der Waals surface area (Å²) in [6, 6.07) is 8.01. The molecule has 1 aliphatic carbocycles. The maximum atomic E-state index is 11.9.